The minimum Gasteiger partial charge on any atom is -0.324 e. The number of nitrogens with zero attached hydrogens (tertiary/aromatic N) is 1. The third-order valence-electron chi connectivity index (χ3n) is 2.13. The van der Waals surface area contributed by atoms with E-state index in [9.17, 15) is 9.59 Å². The average Bonchev–Trinajstić information content (AvgIpc) is 2.18. The molecule has 0 aliphatic carbocycles. The van der Waals surface area contributed by atoms with Crippen LogP contribution in [0.3, 0.4) is 0 Å². The molecule has 5 heteroatoms. The van der Waals surface area contributed by atoms with Gasteiger partial charge < -0.3 is 4.90 Å². The van der Waals surface area contributed by atoms with Crippen molar-refractivity contribution in [2.24, 2.45) is 0 Å². The number of imide groups is 1. The average molecular weight is 217 g/mol. The monoisotopic (exact) mass is 216 g/mol. The molecule has 0 bridgehead atoms. The van der Waals surface area contributed by atoms with Crippen molar-refractivity contribution in [1.29, 1.82) is 0 Å². The van der Waals surface area contributed by atoms with Gasteiger partial charge in [0.05, 0.1) is 0 Å². The number of carbonyl (C=O) groups is 2. The zero-order valence-electron chi connectivity index (χ0n) is 7.88. The van der Waals surface area contributed by atoms with Crippen molar-refractivity contribution in [3.05, 3.63) is 12.2 Å². The van der Waals surface area contributed by atoms with Crippen LogP contribution in [0.1, 0.15) is 12.8 Å². The van der Waals surface area contributed by atoms with E-state index in [1.54, 1.807) is 4.90 Å². The van der Waals surface area contributed by atoms with Crippen molar-refractivity contribution in [2.75, 3.05) is 19.0 Å². The molecule has 1 rings (SSSR count). The largest absolute Gasteiger partial charge is 0.324 e. The molecule has 4 nitrogen and oxygen atoms in total. The van der Waals surface area contributed by atoms with Gasteiger partial charge in [-0.1, -0.05) is 12.2 Å². The van der Waals surface area contributed by atoms with Crippen molar-refractivity contribution in [3.8, 4) is 0 Å². The Bertz CT molecular complexity index is 256. The Morgan fingerprint density at radius 3 is 2.50 bits per heavy atom. The first-order valence-corrected chi connectivity index (χ1v) is 4.98. The Morgan fingerprint density at radius 2 is 2.00 bits per heavy atom. The fraction of sp³-hybridized carbons (Fsp3) is 0.556. The van der Waals surface area contributed by atoms with Gasteiger partial charge in [-0.3, -0.25) is 10.1 Å². The maximum absolute atomic E-state index is 11.4. The number of piperidine rings is 1. The maximum Gasteiger partial charge on any atom is 0.324 e. The van der Waals surface area contributed by atoms with Crippen LogP contribution in [0.25, 0.3) is 0 Å². The van der Waals surface area contributed by atoms with Crippen LogP contribution in [0.5, 0.6) is 0 Å². The van der Waals surface area contributed by atoms with Gasteiger partial charge in [-0.25, -0.2) is 4.79 Å². The topological polar surface area (TPSA) is 49.4 Å². The predicted octanol–water partition coefficient (Wildman–Crippen LogP) is 1.11. The van der Waals surface area contributed by atoms with Gasteiger partial charge in [0.15, 0.2) is 0 Å². The summed E-state index contributed by atoms with van der Waals surface area (Å²) < 4.78 is 0. The van der Waals surface area contributed by atoms with Crippen LogP contribution in [-0.4, -0.2) is 35.8 Å². The van der Waals surface area contributed by atoms with Crippen LogP contribution in [0.2, 0.25) is 0 Å². The Morgan fingerprint density at radius 1 is 1.43 bits per heavy atom. The molecule has 0 radical (unpaired) electrons. The number of carbonyl (C=O) groups excluding carboxylic acids is 2. The highest BCUT2D eigenvalue weighted by atomic mass is 35.5. The summed E-state index contributed by atoms with van der Waals surface area (Å²) in [5, 5.41) is 2.20. The fourth-order valence-corrected chi connectivity index (χ4v) is 1.32. The summed E-state index contributed by atoms with van der Waals surface area (Å²) in [5.74, 6) is -0.646. The third kappa shape index (κ3) is 3.03. The molecule has 0 aromatic heterocycles. The number of hydrogen-bond donors (Lipinski definition) is 1. The molecule has 0 spiro atoms. The van der Waals surface area contributed by atoms with Gasteiger partial charge in [-0.15, -0.1) is 11.6 Å². The molecule has 0 aromatic carbocycles. The zero-order chi connectivity index (χ0) is 10.6. The first-order chi connectivity index (χ1) is 6.63. The molecule has 1 fully saturated rings. The Balaban J connectivity index is 2.38. The SMILES string of the molecule is C=C1CCN(C(=O)NC(=O)CCl)CC1. The van der Waals surface area contributed by atoms with Gasteiger partial charge in [0.2, 0.25) is 5.91 Å². The summed E-state index contributed by atoms with van der Waals surface area (Å²) >= 11 is 5.26. The second-order valence-corrected chi connectivity index (χ2v) is 3.49. The molecule has 0 saturated carbocycles. The van der Waals surface area contributed by atoms with Crippen LogP contribution in [0, 0.1) is 0 Å². The number of nitrogens with one attached hydrogen (secondary N) is 1. The van der Waals surface area contributed by atoms with Gasteiger partial charge >= 0.3 is 6.03 Å². The Kier molecular flexibility index (Phi) is 3.95. The lowest BCUT2D eigenvalue weighted by Gasteiger charge is -2.27. The van der Waals surface area contributed by atoms with E-state index < -0.39 is 5.91 Å². The summed E-state index contributed by atoms with van der Waals surface area (Å²) in [6.45, 7) is 5.09. The van der Waals surface area contributed by atoms with E-state index in [2.05, 4.69) is 11.9 Å². The lowest BCUT2D eigenvalue weighted by Crippen LogP contribution is -2.45. The summed E-state index contributed by atoms with van der Waals surface area (Å²) in [6, 6.07) is -0.358. The highest BCUT2D eigenvalue weighted by Crippen LogP contribution is 2.13. The van der Waals surface area contributed by atoms with E-state index in [0.717, 1.165) is 18.4 Å². The molecule has 14 heavy (non-hydrogen) atoms. The number of hydrogen-bond acceptors (Lipinski definition) is 2. The molecule has 1 heterocycles. The summed E-state index contributed by atoms with van der Waals surface area (Å²) in [4.78, 5) is 23.8. The first kappa shape index (κ1) is 11.0. The standard InChI is InChI=1S/C9H13ClN2O2/c1-7-2-4-12(5-3-7)9(14)11-8(13)6-10/h1-6H2,(H,11,13,14). The molecule has 1 saturated heterocycles. The molecular weight excluding hydrogens is 204 g/mol. The molecule has 1 N–H and O–H groups in total. The fourth-order valence-electron chi connectivity index (χ4n) is 1.26. The van der Waals surface area contributed by atoms with E-state index in [0.29, 0.717) is 13.1 Å². The van der Waals surface area contributed by atoms with E-state index in [1.807, 2.05) is 0 Å². The van der Waals surface area contributed by atoms with E-state index in [1.165, 1.54) is 0 Å². The van der Waals surface area contributed by atoms with Crippen LogP contribution >= 0.6 is 11.6 Å². The minimum atomic E-state index is -0.457. The van der Waals surface area contributed by atoms with E-state index in [-0.39, 0.29) is 11.9 Å². The summed E-state index contributed by atoms with van der Waals surface area (Å²) in [5.41, 5.74) is 1.15. The lowest BCUT2D eigenvalue weighted by molar-refractivity contribution is -0.117. The number of alkyl halides is 1. The third-order valence-corrected chi connectivity index (χ3v) is 2.37. The van der Waals surface area contributed by atoms with Gasteiger partial charge in [-0.2, -0.15) is 0 Å². The maximum atomic E-state index is 11.4. The van der Waals surface area contributed by atoms with Gasteiger partial charge in [0.1, 0.15) is 5.88 Å². The first-order valence-electron chi connectivity index (χ1n) is 4.45. The minimum absolute atomic E-state index is 0.188. The number of amides is 3. The van der Waals surface area contributed by atoms with Crippen LogP contribution in [-0.2, 0) is 4.79 Å². The van der Waals surface area contributed by atoms with Crippen LogP contribution in [0.15, 0.2) is 12.2 Å². The van der Waals surface area contributed by atoms with Crippen molar-refractivity contribution in [3.63, 3.8) is 0 Å². The number of rotatable bonds is 1. The number of halogens is 1. The molecule has 0 unspecified atom stereocenters. The van der Waals surface area contributed by atoms with Crippen molar-refractivity contribution in [2.45, 2.75) is 12.8 Å². The summed E-state index contributed by atoms with van der Waals surface area (Å²) in [7, 11) is 0. The summed E-state index contributed by atoms with van der Waals surface area (Å²) in [6.07, 6.45) is 1.62. The van der Waals surface area contributed by atoms with Crippen LogP contribution < -0.4 is 5.32 Å². The Labute approximate surface area is 87.9 Å². The van der Waals surface area contributed by atoms with E-state index >= 15 is 0 Å². The highest BCUT2D eigenvalue weighted by Gasteiger charge is 2.19. The number of urea groups is 1. The molecule has 0 aromatic rings. The quantitative estimate of drug-likeness (QED) is 0.528. The van der Waals surface area contributed by atoms with E-state index in [4.69, 9.17) is 11.6 Å². The second kappa shape index (κ2) is 5.00. The van der Waals surface area contributed by atoms with Crippen molar-refractivity contribution < 1.29 is 9.59 Å². The number of likely N-dealkylation sites (tertiary alicyclic amines) is 1. The lowest BCUT2D eigenvalue weighted by atomic mass is 10.1. The smallest absolute Gasteiger partial charge is 0.324 e. The molecule has 78 valence electrons. The molecule has 3 amide bonds. The van der Waals surface area contributed by atoms with Gasteiger partial charge in [0, 0.05) is 13.1 Å². The highest BCUT2D eigenvalue weighted by molar-refractivity contribution is 6.28. The molecule has 1 aliphatic heterocycles. The van der Waals surface area contributed by atoms with Crippen molar-refractivity contribution in [1.82, 2.24) is 10.2 Å². The van der Waals surface area contributed by atoms with Crippen molar-refractivity contribution >= 4 is 23.5 Å². The molecule has 0 atom stereocenters. The molecule has 1 aliphatic rings. The van der Waals surface area contributed by atoms with Gasteiger partial charge in [-0.05, 0) is 12.8 Å². The molecular formula is C9H13ClN2O2. The Hall–Kier alpha value is -1.03. The normalized spacial score (nSPS) is 16.6. The second-order valence-electron chi connectivity index (χ2n) is 3.22. The van der Waals surface area contributed by atoms with Gasteiger partial charge in [0.25, 0.3) is 0 Å². The zero-order valence-corrected chi connectivity index (χ0v) is 8.64. The van der Waals surface area contributed by atoms with Crippen LogP contribution in [0.4, 0.5) is 4.79 Å². The predicted molar refractivity (Wildman–Crippen MR) is 54.2 cm³/mol.